The lowest BCUT2D eigenvalue weighted by atomic mass is 10.0. The number of imidazole rings is 1. The van der Waals surface area contributed by atoms with Crippen LogP contribution in [0.15, 0.2) is 24.5 Å². The normalized spacial score (nSPS) is 14.5. The number of nitrogens with one attached hydrogen (secondary N) is 1. The van der Waals surface area contributed by atoms with Gasteiger partial charge in [-0.1, -0.05) is 6.07 Å². The summed E-state index contributed by atoms with van der Waals surface area (Å²) in [5.41, 5.74) is 1.88. The summed E-state index contributed by atoms with van der Waals surface area (Å²) >= 11 is 0. The fourth-order valence-electron chi connectivity index (χ4n) is 1.57. The third kappa shape index (κ3) is 2.13. The standard InChI is InChI=1S/C11H12N2O4/c1-17-11(16)10(15)9(14)6-2-3-7-8(4-6)13-5-12-7/h2-5,9-10,14-15H,1H3,(H,12,13). The van der Waals surface area contributed by atoms with Crippen LogP contribution in [0.3, 0.4) is 0 Å². The number of aromatic amines is 1. The fraction of sp³-hybridized carbons (Fsp3) is 0.273. The molecule has 0 saturated carbocycles. The van der Waals surface area contributed by atoms with Gasteiger partial charge in [0.1, 0.15) is 6.10 Å². The zero-order chi connectivity index (χ0) is 12.4. The third-order valence-electron chi connectivity index (χ3n) is 2.53. The van der Waals surface area contributed by atoms with E-state index < -0.39 is 18.2 Å². The number of benzene rings is 1. The molecule has 0 radical (unpaired) electrons. The third-order valence-corrected chi connectivity index (χ3v) is 2.53. The Morgan fingerprint density at radius 2 is 2.24 bits per heavy atom. The number of hydrogen-bond acceptors (Lipinski definition) is 5. The van der Waals surface area contributed by atoms with E-state index in [9.17, 15) is 15.0 Å². The molecule has 1 heterocycles. The van der Waals surface area contributed by atoms with Crippen LogP contribution < -0.4 is 0 Å². The Kier molecular flexibility index (Phi) is 3.08. The second-order valence-corrected chi connectivity index (χ2v) is 3.59. The van der Waals surface area contributed by atoms with Crippen LogP contribution in [-0.2, 0) is 9.53 Å². The predicted molar refractivity (Wildman–Crippen MR) is 59.1 cm³/mol. The highest BCUT2D eigenvalue weighted by Crippen LogP contribution is 2.21. The van der Waals surface area contributed by atoms with Crippen molar-refractivity contribution in [3.8, 4) is 0 Å². The van der Waals surface area contributed by atoms with Crippen molar-refractivity contribution >= 4 is 17.0 Å². The molecule has 0 spiro atoms. The number of esters is 1. The maximum atomic E-state index is 11.1. The van der Waals surface area contributed by atoms with Gasteiger partial charge < -0.3 is 19.9 Å². The van der Waals surface area contributed by atoms with Gasteiger partial charge in [-0.05, 0) is 17.7 Å². The summed E-state index contributed by atoms with van der Waals surface area (Å²) in [5.74, 6) is -0.873. The first-order chi connectivity index (χ1) is 8.13. The maximum Gasteiger partial charge on any atom is 0.337 e. The minimum absolute atomic E-state index is 0.416. The summed E-state index contributed by atoms with van der Waals surface area (Å²) in [5, 5.41) is 19.3. The summed E-state index contributed by atoms with van der Waals surface area (Å²) in [6.45, 7) is 0. The van der Waals surface area contributed by atoms with Gasteiger partial charge in [-0.3, -0.25) is 0 Å². The van der Waals surface area contributed by atoms with E-state index in [0.29, 0.717) is 5.56 Å². The molecule has 3 N–H and O–H groups in total. The summed E-state index contributed by atoms with van der Waals surface area (Å²) in [6.07, 6.45) is -1.40. The average molecular weight is 236 g/mol. The molecule has 0 bridgehead atoms. The van der Waals surface area contributed by atoms with Gasteiger partial charge >= 0.3 is 5.97 Å². The van der Waals surface area contributed by atoms with Gasteiger partial charge in [-0.25, -0.2) is 9.78 Å². The number of hydrogen-bond donors (Lipinski definition) is 3. The van der Waals surface area contributed by atoms with Gasteiger partial charge in [0, 0.05) is 0 Å². The van der Waals surface area contributed by atoms with Crippen molar-refractivity contribution in [3.63, 3.8) is 0 Å². The van der Waals surface area contributed by atoms with Crippen LogP contribution in [0.25, 0.3) is 11.0 Å². The van der Waals surface area contributed by atoms with Crippen molar-refractivity contribution < 1.29 is 19.7 Å². The molecule has 1 aromatic carbocycles. The molecule has 17 heavy (non-hydrogen) atoms. The summed E-state index contributed by atoms with van der Waals surface area (Å²) in [4.78, 5) is 18.0. The smallest absolute Gasteiger partial charge is 0.337 e. The molecule has 90 valence electrons. The minimum Gasteiger partial charge on any atom is -0.467 e. The van der Waals surface area contributed by atoms with Crippen molar-refractivity contribution in [3.05, 3.63) is 30.1 Å². The first-order valence-corrected chi connectivity index (χ1v) is 5.00. The van der Waals surface area contributed by atoms with Crippen molar-refractivity contribution in [1.82, 2.24) is 9.97 Å². The van der Waals surface area contributed by atoms with Crippen molar-refractivity contribution in [1.29, 1.82) is 0 Å². The number of nitrogens with zero attached hydrogens (tertiary/aromatic N) is 1. The predicted octanol–water partition coefficient (Wildman–Crippen LogP) is 0.130. The summed E-state index contributed by atoms with van der Waals surface area (Å²) < 4.78 is 4.36. The van der Waals surface area contributed by atoms with Gasteiger partial charge in [0.15, 0.2) is 6.10 Å². The molecule has 0 aliphatic carbocycles. The summed E-state index contributed by atoms with van der Waals surface area (Å²) in [7, 11) is 1.15. The van der Waals surface area contributed by atoms with Crippen molar-refractivity contribution in [2.45, 2.75) is 12.2 Å². The number of ether oxygens (including phenoxy) is 1. The molecule has 0 saturated heterocycles. The Morgan fingerprint density at radius 3 is 2.94 bits per heavy atom. The molecule has 2 rings (SSSR count). The number of methoxy groups -OCH3 is 1. The molecular weight excluding hydrogens is 224 g/mol. The monoisotopic (exact) mass is 236 g/mol. The van der Waals surface area contributed by atoms with Gasteiger partial charge in [0.2, 0.25) is 0 Å². The Balaban J connectivity index is 2.29. The van der Waals surface area contributed by atoms with Gasteiger partial charge in [0.25, 0.3) is 0 Å². The van der Waals surface area contributed by atoms with E-state index in [4.69, 9.17) is 0 Å². The number of H-pyrrole nitrogens is 1. The van der Waals surface area contributed by atoms with Crippen LogP contribution >= 0.6 is 0 Å². The number of rotatable bonds is 3. The highest BCUT2D eigenvalue weighted by Gasteiger charge is 2.26. The number of carbonyl (C=O) groups is 1. The molecule has 0 aliphatic heterocycles. The Hall–Kier alpha value is -1.92. The van der Waals surface area contributed by atoms with E-state index in [1.165, 1.54) is 6.33 Å². The topological polar surface area (TPSA) is 95.4 Å². The largest absolute Gasteiger partial charge is 0.467 e. The second kappa shape index (κ2) is 4.52. The zero-order valence-electron chi connectivity index (χ0n) is 9.12. The first-order valence-electron chi connectivity index (χ1n) is 5.00. The number of carbonyl (C=O) groups excluding carboxylic acids is 1. The SMILES string of the molecule is COC(=O)C(O)C(O)c1ccc2nc[nH]c2c1. The van der Waals surface area contributed by atoms with E-state index in [1.54, 1.807) is 18.2 Å². The van der Waals surface area contributed by atoms with E-state index in [-0.39, 0.29) is 0 Å². The molecule has 0 fully saturated rings. The Labute approximate surface area is 96.9 Å². The number of aromatic nitrogens is 2. The van der Waals surface area contributed by atoms with Crippen LogP contribution in [0, 0.1) is 0 Å². The van der Waals surface area contributed by atoms with Gasteiger partial charge in [-0.2, -0.15) is 0 Å². The average Bonchev–Trinajstić information content (AvgIpc) is 2.83. The van der Waals surface area contributed by atoms with E-state index >= 15 is 0 Å². The Bertz CT molecular complexity index is 537. The van der Waals surface area contributed by atoms with Crippen LogP contribution in [0.2, 0.25) is 0 Å². The molecule has 2 atom stereocenters. The molecule has 6 nitrogen and oxygen atoms in total. The zero-order valence-corrected chi connectivity index (χ0v) is 9.12. The van der Waals surface area contributed by atoms with E-state index in [1.807, 2.05) is 0 Å². The molecular formula is C11H12N2O4. The van der Waals surface area contributed by atoms with E-state index in [0.717, 1.165) is 18.1 Å². The first kappa shape index (κ1) is 11.6. The van der Waals surface area contributed by atoms with E-state index in [2.05, 4.69) is 14.7 Å². The number of fused-ring (bicyclic) bond motifs is 1. The second-order valence-electron chi connectivity index (χ2n) is 3.59. The molecule has 0 amide bonds. The molecule has 1 aromatic heterocycles. The van der Waals surface area contributed by atoms with Crippen LogP contribution in [0.4, 0.5) is 0 Å². The van der Waals surface area contributed by atoms with Crippen molar-refractivity contribution in [2.24, 2.45) is 0 Å². The number of aliphatic hydroxyl groups is 2. The fourth-order valence-corrected chi connectivity index (χ4v) is 1.57. The molecule has 6 heteroatoms. The van der Waals surface area contributed by atoms with Gasteiger partial charge in [0.05, 0.1) is 24.5 Å². The quantitative estimate of drug-likeness (QED) is 0.658. The lowest BCUT2D eigenvalue weighted by Crippen LogP contribution is -2.28. The van der Waals surface area contributed by atoms with Crippen LogP contribution in [0.5, 0.6) is 0 Å². The lowest BCUT2D eigenvalue weighted by Gasteiger charge is -2.15. The molecule has 2 aromatic rings. The van der Waals surface area contributed by atoms with Crippen LogP contribution in [-0.4, -0.2) is 39.4 Å². The highest BCUT2D eigenvalue weighted by molar-refractivity contribution is 5.77. The van der Waals surface area contributed by atoms with Crippen LogP contribution in [0.1, 0.15) is 11.7 Å². The highest BCUT2D eigenvalue weighted by atomic mass is 16.5. The van der Waals surface area contributed by atoms with Crippen molar-refractivity contribution in [2.75, 3.05) is 7.11 Å². The molecule has 0 aliphatic rings. The minimum atomic E-state index is -1.60. The summed E-state index contributed by atoms with van der Waals surface area (Å²) in [6, 6.07) is 4.91. The maximum absolute atomic E-state index is 11.1. The van der Waals surface area contributed by atoms with Gasteiger partial charge in [-0.15, -0.1) is 0 Å². The molecule has 2 unspecified atom stereocenters. The number of aliphatic hydroxyl groups excluding tert-OH is 2. The lowest BCUT2D eigenvalue weighted by molar-refractivity contribution is -0.156. The Morgan fingerprint density at radius 1 is 1.47 bits per heavy atom.